The van der Waals surface area contributed by atoms with Crippen molar-refractivity contribution in [3.63, 3.8) is 0 Å². The van der Waals surface area contributed by atoms with Crippen LogP contribution in [0.2, 0.25) is 0 Å². The lowest BCUT2D eigenvalue weighted by molar-refractivity contribution is 0.102. The standard InChI is InChI=1S/C22H24N2O4/c1-13(2)28-19-9-7-16(10-20(19)26-5)21(25)24-17-8-6-14(3)18(11-17)22-23-15(4)12-27-22/h6-13H,1-5H3,(H,24,25). The molecule has 0 saturated heterocycles. The predicted octanol–water partition coefficient (Wildman–Crippen LogP) is 5.01. The molecule has 6 nitrogen and oxygen atoms in total. The van der Waals surface area contributed by atoms with E-state index in [0.29, 0.717) is 28.6 Å². The minimum atomic E-state index is -0.243. The van der Waals surface area contributed by atoms with Gasteiger partial charge in [-0.1, -0.05) is 6.07 Å². The van der Waals surface area contributed by atoms with Crippen LogP contribution in [-0.2, 0) is 0 Å². The molecule has 146 valence electrons. The molecule has 0 spiro atoms. The first-order chi connectivity index (χ1) is 13.4. The molecule has 1 heterocycles. The number of carbonyl (C=O) groups excluding carboxylic acids is 1. The van der Waals surface area contributed by atoms with Gasteiger partial charge in [-0.3, -0.25) is 4.79 Å². The molecule has 3 rings (SSSR count). The van der Waals surface area contributed by atoms with Crippen molar-refractivity contribution in [3.05, 3.63) is 59.5 Å². The van der Waals surface area contributed by atoms with E-state index >= 15 is 0 Å². The first-order valence-corrected chi connectivity index (χ1v) is 9.06. The summed E-state index contributed by atoms with van der Waals surface area (Å²) in [6, 6.07) is 10.7. The quantitative estimate of drug-likeness (QED) is 0.651. The van der Waals surface area contributed by atoms with Gasteiger partial charge in [0.25, 0.3) is 5.91 Å². The van der Waals surface area contributed by atoms with Crippen LogP contribution in [0.15, 0.2) is 47.1 Å². The number of aryl methyl sites for hydroxylation is 2. The fraction of sp³-hybridized carbons (Fsp3) is 0.273. The Morgan fingerprint density at radius 1 is 1.11 bits per heavy atom. The summed E-state index contributed by atoms with van der Waals surface area (Å²) in [5, 5.41) is 2.91. The molecular weight excluding hydrogens is 356 g/mol. The van der Waals surface area contributed by atoms with E-state index in [-0.39, 0.29) is 12.0 Å². The number of hydrogen-bond acceptors (Lipinski definition) is 5. The van der Waals surface area contributed by atoms with Gasteiger partial charge in [0.15, 0.2) is 11.5 Å². The predicted molar refractivity (Wildman–Crippen MR) is 108 cm³/mol. The summed E-state index contributed by atoms with van der Waals surface area (Å²) in [6.45, 7) is 7.71. The van der Waals surface area contributed by atoms with Crippen LogP contribution in [0.5, 0.6) is 11.5 Å². The van der Waals surface area contributed by atoms with Gasteiger partial charge >= 0.3 is 0 Å². The summed E-state index contributed by atoms with van der Waals surface area (Å²) in [4.78, 5) is 17.1. The molecule has 0 atom stereocenters. The van der Waals surface area contributed by atoms with Crippen LogP contribution in [0.4, 0.5) is 5.69 Å². The van der Waals surface area contributed by atoms with Crippen LogP contribution in [-0.4, -0.2) is 24.1 Å². The molecule has 0 radical (unpaired) electrons. The molecule has 0 bridgehead atoms. The van der Waals surface area contributed by atoms with Crippen LogP contribution in [0.1, 0.15) is 35.5 Å². The average molecular weight is 380 g/mol. The number of benzene rings is 2. The highest BCUT2D eigenvalue weighted by molar-refractivity contribution is 6.05. The van der Waals surface area contributed by atoms with E-state index < -0.39 is 0 Å². The Morgan fingerprint density at radius 2 is 1.89 bits per heavy atom. The first kappa shape index (κ1) is 19.5. The first-order valence-electron chi connectivity index (χ1n) is 9.06. The Labute approximate surface area is 164 Å². The molecule has 0 saturated carbocycles. The molecule has 0 unspecified atom stereocenters. The van der Waals surface area contributed by atoms with Crippen molar-refractivity contribution in [3.8, 4) is 23.0 Å². The third-order valence-electron chi connectivity index (χ3n) is 4.13. The number of hydrogen-bond donors (Lipinski definition) is 1. The Balaban J connectivity index is 1.83. The second-order valence-corrected chi connectivity index (χ2v) is 6.81. The number of oxazole rings is 1. The van der Waals surface area contributed by atoms with Crippen molar-refractivity contribution in [2.45, 2.75) is 33.8 Å². The lowest BCUT2D eigenvalue weighted by atomic mass is 10.1. The molecule has 3 aromatic rings. The largest absolute Gasteiger partial charge is 0.493 e. The molecule has 1 N–H and O–H groups in total. The molecule has 28 heavy (non-hydrogen) atoms. The molecule has 0 aliphatic rings. The summed E-state index contributed by atoms with van der Waals surface area (Å²) in [7, 11) is 1.55. The van der Waals surface area contributed by atoms with Crippen molar-refractivity contribution in [1.82, 2.24) is 4.98 Å². The molecule has 1 amide bonds. The SMILES string of the molecule is COc1cc(C(=O)Nc2ccc(C)c(-c3nc(C)co3)c2)ccc1OC(C)C. The second-order valence-electron chi connectivity index (χ2n) is 6.81. The number of carbonyl (C=O) groups is 1. The van der Waals surface area contributed by atoms with E-state index in [0.717, 1.165) is 16.8 Å². The molecular formula is C22H24N2O4. The third-order valence-corrected chi connectivity index (χ3v) is 4.13. The number of ether oxygens (including phenoxy) is 2. The normalized spacial score (nSPS) is 10.8. The van der Waals surface area contributed by atoms with Gasteiger partial charge in [-0.2, -0.15) is 0 Å². The second kappa shape index (κ2) is 8.17. The lowest BCUT2D eigenvalue weighted by Crippen LogP contribution is -2.13. The zero-order valence-corrected chi connectivity index (χ0v) is 16.7. The van der Waals surface area contributed by atoms with Gasteiger partial charge in [0.1, 0.15) is 6.26 Å². The minimum Gasteiger partial charge on any atom is -0.493 e. The molecule has 2 aromatic carbocycles. The van der Waals surface area contributed by atoms with Gasteiger partial charge in [0, 0.05) is 16.8 Å². The van der Waals surface area contributed by atoms with E-state index in [4.69, 9.17) is 13.9 Å². The van der Waals surface area contributed by atoms with Crippen molar-refractivity contribution in [2.75, 3.05) is 12.4 Å². The lowest BCUT2D eigenvalue weighted by Gasteiger charge is -2.14. The Bertz CT molecular complexity index is 992. The maximum Gasteiger partial charge on any atom is 0.255 e. The maximum atomic E-state index is 12.7. The average Bonchev–Trinajstić information content (AvgIpc) is 3.09. The smallest absolute Gasteiger partial charge is 0.255 e. The number of aromatic nitrogens is 1. The third kappa shape index (κ3) is 4.34. The Morgan fingerprint density at radius 3 is 2.54 bits per heavy atom. The fourth-order valence-corrected chi connectivity index (χ4v) is 2.77. The van der Waals surface area contributed by atoms with Crippen LogP contribution < -0.4 is 14.8 Å². The number of anilines is 1. The summed E-state index contributed by atoms with van der Waals surface area (Å²) >= 11 is 0. The summed E-state index contributed by atoms with van der Waals surface area (Å²) in [6.07, 6.45) is 1.62. The van der Waals surface area contributed by atoms with Gasteiger partial charge in [0.05, 0.1) is 18.9 Å². The number of nitrogens with zero attached hydrogens (tertiary/aromatic N) is 1. The zero-order valence-electron chi connectivity index (χ0n) is 16.7. The maximum absolute atomic E-state index is 12.7. The Kier molecular flexibility index (Phi) is 5.68. The van der Waals surface area contributed by atoms with Crippen molar-refractivity contribution in [1.29, 1.82) is 0 Å². The summed E-state index contributed by atoms with van der Waals surface area (Å²) < 4.78 is 16.5. The van der Waals surface area contributed by atoms with E-state index in [1.807, 2.05) is 45.9 Å². The van der Waals surface area contributed by atoms with E-state index in [1.54, 1.807) is 31.6 Å². The van der Waals surface area contributed by atoms with Gasteiger partial charge < -0.3 is 19.2 Å². The number of methoxy groups -OCH3 is 1. The zero-order chi connectivity index (χ0) is 20.3. The molecule has 6 heteroatoms. The fourth-order valence-electron chi connectivity index (χ4n) is 2.77. The van der Waals surface area contributed by atoms with Crippen LogP contribution in [0.25, 0.3) is 11.5 Å². The number of amides is 1. The number of rotatable bonds is 6. The molecule has 0 aliphatic carbocycles. The minimum absolute atomic E-state index is 0.0124. The number of nitrogens with one attached hydrogen (secondary N) is 1. The monoisotopic (exact) mass is 380 g/mol. The highest BCUT2D eigenvalue weighted by Gasteiger charge is 2.14. The summed E-state index contributed by atoms with van der Waals surface area (Å²) in [5.41, 5.74) is 3.78. The topological polar surface area (TPSA) is 73.6 Å². The van der Waals surface area contributed by atoms with Crippen LogP contribution in [0, 0.1) is 13.8 Å². The van der Waals surface area contributed by atoms with E-state index in [2.05, 4.69) is 10.3 Å². The van der Waals surface area contributed by atoms with Crippen LogP contribution in [0.3, 0.4) is 0 Å². The van der Waals surface area contributed by atoms with Crippen molar-refractivity contribution < 1.29 is 18.7 Å². The van der Waals surface area contributed by atoms with Gasteiger partial charge in [-0.15, -0.1) is 0 Å². The van der Waals surface area contributed by atoms with E-state index in [1.165, 1.54) is 0 Å². The van der Waals surface area contributed by atoms with Gasteiger partial charge in [-0.25, -0.2) is 4.98 Å². The highest BCUT2D eigenvalue weighted by Crippen LogP contribution is 2.30. The Hall–Kier alpha value is -3.28. The highest BCUT2D eigenvalue weighted by atomic mass is 16.5. The van der Waals surface area contributed by atoms with Gasteiger partial charge in [-0.05, 0) is 63.6 Å². The molecule has 1 aromatic heterocycles. The van der Waals surface area contributed by atoms with Crippen molar-refractivity contribution in [2.24, 2.45) is 0 Å². The van der Waals surface area contributed by atoms with Crippen molar-refractivity contribution >= 4 is 11.6 Å². The molecule has 0 fully saturated rings. The van der Waals surface area contributed by atoms with Gasteiger partial charge in [0.2, 0.25) is 5.89 Å². The van der Waals surface area contributed by atoms with E-state index in [9.17, 15) is 4.79 Å². The summed E-state index contributed by atoms with van der Waals surface area (Å²) in [5.74, 6) is 1.41. The molecule has 0 aliphatic heterocycles. The van der Waals surface area contributed by atoms with Crippen LogP contribution >= 0.6 is 0 Å².